The van der Waals surface area contributed by atoms with Crippen LogP contribution in [0.1, 0.15) is 21.5 Å². The molecule has 0 spiro atoms. The number of halogens is 3. The molecule has 1 nitrogen and oxygen atoms in total. The summed E-state index contributed by atoms with van der Waals surface area (Å²) in [6.45, 7) is 1.66. The molecule has 0 aromatic heterocycles. The van der Waals surface area contributed by atoms with Crippen molar-refractivity contribution in [3.63, 3.8) is 0 Å². The van der Waals surface area contributed by atoms with Crippen LogP contribution >= 0.6 is 0 Å². The van der Waals surface area contributed by atoms with Gasteiger partial charge in [0.25, 0.3) is 0 Å². The van der Waals surface area contributed by atoms with Crippen molar-refractivity contribution in [1.82, 2.24) is 0 Å². The van der Waals surface area contributed by atoms with Crippen molar-refractivity contribution in [1.29, 1.82) is 0 Å². The van der Waals surface area contributed by atoms with Crippen LogP contribution in [0.2, 0.25) is 0 Å². The van der Waals surface area contributed by atoms with Gasteiger partial charge >= 0.3 is 0 Å². The molecule has 4 heteroatoms. The van der Waals surface area contributed by atoms with Gasteiger partial charge in [-0.1, -0.05) is 17.7 Å². The largest absolute Gasteiger partial charge is 0.288 e. The lowest BCUT2D eigenvalue weighted by Crippen LogP contribution is -2.09. The van der Waals surface area contributed by atoms with Gasteiger partial charge in [0.2, 0.25) is 5.78 Å². The first-order valence-electron chi connectivity index (χ1n) is 5.25. The molecule has 0 bridgehead atoms. The quantitative estimate of drug-likeness (QED) is 0.743. The van der Waals surface area contributed by atoms with Crippen LogP contribution in [-0.4, -0.2) is 5.78 Å². The van der Waals surface area contributed by atoms with E-state index in [1.165, 1.54) is 12.1 Å². The molecular formula is C14H9F3O. The van der Waals surface area contributed by atoms with E-state index < -0.39 is 28.8 Å². The van der Waals surface area contributed by atoms with E-state index >= 15 is 0 Å². The SMILES string of the molecule is Cc1ccc(F)c(C(=O)c2c(F)cccc2F)c1. The Balaban J connectivity index is 2.58. The van der Waals surface area contributed by atoms with Gasteiger partial charge in [0.05, 0.1) is 11.1 Å². The third-order valence-corrected chi connectivity index (χ3v) is 2.56. The summed E-state index contributed by atoms with van der Waals surface area (Å²) in [4.78, 5) is 11.9. The van der Waals surface area contributed by atoms with Crippen LogP contribution in [0.25, 0.3) is 0 Å². The second-order valence-corrected chi connectivity index (χ2v) is 3.91. The summed E-state index contributed by atoms with van der Waals surface area (Å²) >= 11 is 0. The number of aryl methyl sites for hydroxylation is 1. The average Bonchev–Trinajstić information content (AvgIpc) is 2.32. The molecule has 18 heavy (non-hydrogen) atoms. The van der Waals surface area contributed by atoms with Crippen LogP contribution in [0.4, 0.5) is 13.2 Å². The third-order valence-electron chi connectivity index (χ3n) is 2.56. The lowest BCUT2D eigenvalue weighted by molar-refractivity contribution is 0.102. The zero-order chi connectivity index (χ0) is 13.3. The van der Waals surface area contributed by atoms with E-state index in [1.807, 2.05) is 0 Å². The Morgan fingerprint density at radius 1 is 0.944 bits per heavy atom. The van der Waals surface area contributed by atoms with Gasteiger partial charge in [-0.25, -0.2) is 13.2 Å². The molecule has 0 aliphatic heterocycles. The molecule has 2 aromatic carbocycles. The molecule has 0 unspecified atom stereocenters. The fourth-order valence-electron chi connectivity index (χ4n) is 1.66. The minimum Gasteiger partial charge on any atom is -0.288 e. The number of benzene rings is 2. The van der Waals surface area contributed by atoms with Gasteiger partial charge in [0, 0.05) is 0 Å². The Labute approximate surface area is 102 Å². The summed E-state index contributed by atoms with van der Waals surface area (Å²) in [7, 11) is 0. The maximum absolute atomic E-state index is 13.5. The summed E-state index contributed by atoms with van der Waals surface area (Å²) < 4.78 is 40.4. The van der Waals surface area contributed by atoms with Gasteiger partial charge in [-0.05, 0) is 31.2 Å². The fourth-order valence-corrected chi connectivity index (χ4v) is 1.66. The molecule has 0 heterocycles. The predicted octanol–water partition coefficient (Wildman–Crippen LogP) is 3.64. The number of hydrogen-bond acceptors (Lipinski definition) is 1. The third kappa shape index (κ3) is 2.14. The second kappa shape index (κ2) is 4.64. The van der Waals surface area contributed by atoms with Crippen LogP contribution in [-0.2, 0) is 0 Å². The van der Waals surface area contributed by atoms with E-state index in [0.29, 0.717) is 5.56 Å². The Morgan fingerprint density at radius 3 is 2.17 bits per heavy atom. The molecule has 0 radical (unpaired) electrons. The number of carbonyl (C=O) groups excluding carboxylic acids is 1. The monoisotopic (exact) mass is 250 g/mol. The van der Waals surface area contributed by atoms with Crippen LogP contribution in [0.15, 0.2) is 36.4 Å². The van der Waals surface area contributed by atoms with Crippen LogP contribution < -0.4 is 0 Å². The Bertz CT molecular complexity index is 600. The minimum absolute atomic E-state index is 0.334. The Morgan fingerprint density at radius 2 is 1.56 bits per heavy atom. The highest BCUT2D eigenvalue weighted by Gasteiger charge is 2.21. The van der Waals surface area contributed by atoms with E-state index in [1.54, 1.807) is 6.92 Å². The molecule has 0 N–H and O–H groups in total. The standard InChI is InChI=1S/C14H9F3O/c1-8-5-6-10(15)9(7-8)14(18)13-11(16)3-2-4-12(13)17/h2-7H,1H3. The lowest BCUT2D eigenvalue weighted by atomic mass is 10.0. The topological polar surface area (TPSA) is 17.1 Å². The maximum Gasteiger partial charge on any atom is 0.201 e. The van der Waals surface area contributed by atoms with Crippen molar-refractivity contribution in [2.24, 2.45) is 0 Å². The van der Waals surface area contributed by atoms with Gasteiger partial charge in [0.15, 0.2) is 0 Å². The average molecular weight is 250 g/mol. The summed E-state index contributed by atoms with van der Waals surface area (Å²) in [5.74, 6) is -3.79. The van der Waals surface area contributed by atoms with Gasteiger partial charge in [-0.15, -0.1) is 0 Å². The first-order chi connectivity index (χ1) is 8.50. The highest BCUT2D eigenvalue weighted by molar-refractivity contribution is 6.09. The van der Waals surface area contributed by atoms with E-state index in [0.717, 1.165) is 24.3 Å². The van der Waals surface area contributed by atoms with Crippen LogP contribution in [0.3, 0.4) is 0 Å². The van der Waals surface area contributed by atoms with Crippen molar-refractivity contribution in [2.45, 2.75) is 6.92 Å². The molecule has 92 valence electrons. The highest BCUT2D eigenvalue weighted by atomic mass is 19.1. The molecule has 0 saturated carbocycles. The Kier molecular flexibility index (Phi) is 3.19. The van der Waals surface area contributed by atoms with Gasteiger partial charge < -0.3 is 0 Å². The minimum atomic E-state index is -0.999. The second-order valence-electron chi connectivity index (χ2n) is 3.91. The molecule has 0 amide bonds. The maximum atomic E-state index is 13.5. The number of carbonyl (C=O) groups is 1. The summed E-state index contributed by atoms with van der Waals surface area (Å²) in [6, 6.07) is 6.91. The van der Waals surface area contributed by atoms with Crippen molar-refractivity contribution in [3.05, 3.63) is 70.5 Å². The zero-order valence-corrected chi connectivity index (χ0v) is 9.51. The summed E-state index contributed by atoms with van der Waals surface area (Å²) in [6.07, 6.45) is 0. The van der Waals surface area contributed by atoms with Gasteiger partial charge in [0.1, 0.15) is 17.5 Å². The molecule has 0 atom stereocenters. The number of ketones is 1. The smallest absolute Gasteiger partial charge is 0.201 e. The number of rotatable bonds is 2. The molecule has 2 rings (SSSR count). The van der Waals surface area contributed by atoms with E-state index in [2.05, 4.69) is 0 Å². The van der Waals surface area contributed by atoms with Gasteiger partial charge in [-0.2, -0.15) is 0 Å². The van der Waals surface area contributed by atoms with E-state index in [-0.39, 0.29) is 5.56 Å². The van der Waals surface area contributed by atoms with E-state index in [4.69, 9.17) is 0 Å². The number of hydrogen-bond donors (Lipinski definition) is 0. The normalized spacial score (nSPS) is 10.4. The molecule has 2 aromatic rings. The first kappa shape index (κ1) is 12.4. The molecule has 0 fully saturated rings. The van der Waals surface area contributed by atoms with Crippen LogP contribution in [0.5, 0.6) is 0 Å². The Hall–Kier alpha value is -2.10. The predicted molar refractivity (Wildman–Crippen MR) is 60.9 cm³/mol. The molecule has 0 aliphatic rings. The zero-order valence-electron chi connectivity index (χ0n) is 9.51. The van der Waals surface area contributed by atoms with Gasteiger partial charge in [-0.3, -0.25) is 4.79 Å². The lowest BCUT2D eigenvalue weighted by Gasteiger charge is -2.06. The molecule has 0 aliphatic carbocycles. The summed E-state index contributed by atoms with van der Waals surface area (Å²) in [5.41, 5.74) is -0.433. The van der Waals surface area contributed by atoms with E-state index in [9.17, 15) is 18.0 Å². The fraction of sp³-hybridized carbons (Fsp3) is 0.0714. The first-order valence-corrected chi connectivity index (χ1v) is 5.25. The molecule has 0 saturated heterocycles. The highest BCUT2D eigenvalue weighted by Crippen LogP contribution is 2.19. The van der Waals surface area contributed by atoms with Crippen molar-refractivity contribution >= 4 is 5.78 Å². The van der Waals surface area contributed by atoms with Crippen molar-refractivity contribution in [2.75, 3.05) is 0 Å². The van der Waals surface area contributed by atoms with Crippen LogP contribution in [0, 0.1) is 24.4 Å². The molecular weight excluding hydrogens is 241 g/mol. The van der Waals surface area contributed by atoms with Crippen molar-refractivity contribution in [3.8, 4) is 0 Å². The summed E-state index contributed by atoms with van der Waals surface area (Å²) in [5, 5.41) is 0. The van der Waals surface area contributed by atoms with Crippen molar-refractivity contribution < 1.29 is 18.0 Å².